The van der Waals surface area contributed by atoms with Gasteiger partial charge in [0.05, 0.1) is 6.61 Å². The predicted octanol–water partition coefficient (Wildman–Crippen LogP) is 1.79. The summed E-state index contributed by atoms with van der Waals surface area (Å²) < 4.78 is 6.29. The van der Waals surface area contributed by atoms with Gasteiger partial charge in [0.15, 0.2) is 11.5 Å². The van der Waals surface area contributed by atoms with Crippen LogP contribution in [0.15, 0.2) is 27.8 Å². The molecule has 1 heterocycles. The van der Waals surface area contributed by atoms with Crippen LogP contribution in [-0.4, -0.2) is 41.5 Å². The van der Waals surface area contributed by atoms with E-state index in [9.17, 15) is 19.2 Å². The van der Waals surface area contributed by atoms with Crippen LogP contribution in [0.25, 0.3) is 0 Å². The lowest BCUT2D eigenvalue weighted by molar-refractivity contribution is -0.118. The van der Waals surface area contributed by atoms with Crippen LogP contribution in [0.4, 0.5) is 11.5 Å². The van der Waals surface area contributed by atoms with Gasteiger partial charge >= 0.3 is 5.69 Å². The second-order valence-electron chi connectivity index (χ2n) is 7.41. The molecule has 2 rings (SSSR count). The predicted molar refractivity (Wildman–Crippen MR) is 120 cm³/mol. The fraction of sp³-hybridized carbons (Fsp3) is 0.455. The summed E-state index contributed by atoms with van der Waals surface area (Å²) in [5.41, 5.74) is 7.23. The average Bonchev–Trinajstić information content (AvgIpc) is 2.73. The van der Waals surface area contributed by atoms with E-state index < -0.39 is 17.2 Å². The third-order valence-corrected chi connectivity index (χ3v) is 5.15. The van der Waals surface area contributed by atoms with E-state index in [4.69, 9.17) is 10.5 Å². The molecule has 0 bridgehead atoms. The minimum Gasteiger partial charge on any atom is -0.383 e. The van der Waals surface area contributed by atoms with Crippen molar-refractivity contribution in [1.29, 1.82) is 0 Å². The molecule has 1 aromatic carbocycles. The van der Waals surface area contributed by atoms with Gasteiger partial charge in [0.25, 0.3) is 5.56 Å². The number of nitrogens with one attached hydrogen (secondary N) is 1. The number of carbonyl (C=O) groups is 2. The first-order valence-corrected chi connectivity index (χ1v) is 10.2. The molecule has 0 aliphatic carbocycles. The van der Waals surface area contributed by atoms with E-state index in [1.54, 1.807) is 12.1 Å². The fourth-order valence-electron chi connectivity index (χ4n) is 3.24. The molecule has 0 aliphatic rings. The lowest BCUT2D eigenvalue weighted by Crippen LogP contribution is -2.42. The monoisotopic (exact) mass is 430 g/mol. The summed E-state index contributed by atoms with van der Waals surface area (Å²) in [4.78, 5) is 53.6. The zero-order valence-electron chi connectivity index (χ0n) is 18.5. The second kappa shape index (κ2) is 10.7. The summed E-state index contributed by atoms with van der Waals surface area (Å²) in [6, 6.07) is 5.40. The zero-order valence-corrected chi connectivity index (χ0v) is 18.5. The molecule has 0 spiro atoms. The van der Waals surface area contributed by atoms with Gasteiger partial charge in [0.1, 0.15) is 5.82 Å². The molecule has 0 fully saturated rings. The minimum atomic E-state index is -0.750. The van der Waals surface area contributed by atoms with Gasteiger partial charge in [-0.25, -0.2) is 4.79 Å². The van der Waals surface area contributed by atoms with Crippen molar-refractivity contribution >= 4 is 23.2 Å². The Labute approximate surface area is 180 Å². The minimum absolute atomic E-state index is 0.0166. The molecular formula is C22H30N4O5. The number of H-pyrrole nitrogens is 1. The number of anilines is 2. The summed E-state index contributed by atoms with van der Waals surface area (Å²) in [7, 11) is 1.47. The Kier molecular flexibility index (Phi) is 8.32. The Morgan fingerprint density at radius 1 is 1.16 bits per heavy atom. The van der Waals surface area contributed by atoms with Crippen LogP contribution in [-0.2, 0) is 16.1 Å². The van der Waals surface area contributed by atoms with Crippen molar-refractivity contribution in [3.8, 4) is 0 Å². The van der Waals surface area contributed by atoms with Crippen LogP contribution < -0.4 is 21.9 Å². The van der Waals surface area contributed by atoms with Gasteiger partial charge in [-0.3, -0.25) is 23.9 Å². The van der Waals surface area contributed by atoms with E-state index in [0.29, 0.717) is 18.5 Å². The SMILES string of the molecule is CCCn1c(N)c(N(CCOC)C(=O)CCC(=O)c2ccc(C)c(C)c2)c(=O)[nH]c1=O. The zero-order chi connectivity index (χ0) is 23.1. The van der Waals surface area contributed by atoms with Gasteiger partial charge in [-0.15, -0.1) is 0 Å². The molecule has 3 N–H and O–H groups in total. The van der Waals surface area contributed by atoms with E-state index >= 15 is 0 Å². The quantitative estimate of drug-likeness (QED) is 0.553. The topological polar surface area (TPSA) is 127 Å². The first-order valence-electron chi connectivity index (χ1n) is 10.2. The van der Waals surface area contributed by atoms with Crippen molar-refractivity contribution in [2.75, 3.05) is 30.9 Å². The van der Waals surface area contributed by atoms with Crippen LogP contribution in [0.5, 0.6) is 0 Å². The lowest BCUT2D eigenvalue weighted by atomic mass is 10.0. The molecular weight excluding hydrogens is 400 g/mol. The summed E-state index contributed by atoms with van der Waals surface area (Å²) in [6.45, 7) is 6.26. The number of Topliss-reactive ketones (excluding diaryl/α,β-unsaturated/α-hetero) is 1. The highest BCUT2D eigenvalue weighted by molar-refractivity contribution is 6.01. The number of benzene rings is 1. The van der Waals surface area contributed by atoms with Crippen molar-refractivity contribution in [3.05, 3.63) is 55.7 Å². The van der Waals surface area contributed by atoms with E-state index in [1.807, 2.05) is 26.8 Å². The molecule has 0 atom stereocenters. The molecule has 9 nitrogen and oxygen atoms in total. The maximum Gasteiger partial charge on any atom is 0.330 e. The standard InChI is InChI=1S/C22H30N4O5/c1-5-10-26-20(23)19(21(29)24-22(26)30)25(11-12-31-4)18(28)9-8-17(27)16-7-6-14(2)15(3)13-16/h6-7,13H,5,8-12,23H2,1-4H3,(H,24,29,30). The van der Waals surface area contributed by atoms with Gasteiger partial charge < -0.3 is 15.4 Å². The van der Waals surface area contributed by atoms with Crippen molar-refractivity contribution < 1.29 is 14.3 Å². The number of methoxy groups -OCH3 is 1. The fourth-order valence-corrected chi connectivity index (χ4v) is 3.24. The number of nitrogens with two attached hydrogens (primary N) is 1. The molecule has 0 unspecified atom stereocenters. The van der Waals surface area contributed by atoms with E-state index in [2.05, 4.69) is 4.98 Å². The number of hydrogen-bond donors (Lipinski definition) is 2. The number of aryl methyl sites for hydroxylation is 2. The number of nitrogens with zero attached hydrogens (tertiary/aromatic N) is 2. The van der Waals surface area contributed by atoms with E-state index in [0.717, 1.165) is 11.1 Å². The maximum absolute atomic E-state index is 13.0. The molecule has 2 aromatic rings. The number of hydrogen-bond acceptors (Lipinski definition) is 6. The van der Waals surface area contributed by atoms with Crippen LogP contribution in [0.3, 0.4) is 0 Å². The number of aromatic amines is 1. The van der Waals surface area contributed by atoms with E-state index in [-0.39, 0.29) is 43.3 Å². The average molecular weight is 431 g/mol. The number of carbonyl (C=O) groups excluding carboxylic acids is 2. The summed E-state index contributed by atoms with van der Waals surface area (Å²) in [5.74, 6) is -0.699. The number of ether oxygens (including phenoxy) is 1. The van der Waals surface area contributed by atoms with Gasteiger partial charge in [-0.2, -0.15) is 0 Å². The summed E-state index contributed by atoms with van der Waals surface area (Å²) >= 11 is 0. The molecule has 168 valence electrons. The van der Waals surface area contributed by atoms with Gasteiger partial charge in [0, 0.05) is 38.6 Å². The highest BCUT2D eigenvalue weighted by atomic mass is 16.5. The Balaban J connectivity index is 2.30. The van der Waals surface area contributed by atoms with Crippen LogP contribution in [0.1, 0.15) is 47.7 Å². The number of ketones is 1. The van der Waals surface area contributed by atoms with Crippen LogP contribution in [0, 0.1) is 13.8 Å². The van der Waals surface area contributed by atoms with Crippen molar-refractivity contribution in [1.82, 2.24) is 9.55 Å². The van der Waals surface area contributed by atoms with Gasteiger partial charge in [-0.05, 0) is 37.5 Å². The Bertz CT molecular complexity index is 1070. The molecule has 31 heavy (non-hydrogen) atoms. The molecule has 1 aromatic heterocycles. The van der Waals surface area contributed by atoms with Crippen molar-refractivity contribution in [2.24, 2.45) is 0 Å². The molecule has 0 saturated heterocycles. The third-order valence-electron chi connectivity index (χ3n) is 5.15. The third kappa shape index (κ3) is 5.69. The Hall–Kier alpha value is -3.20. The van der Waals surface area contributed by atoms with Gasteiger partial charge in [0.2, 0.25) is 5.91 Å². The first kappa shape index (κ1) is 24.1. The number of amides is 1. The number of rotatable bonds is 10. The molecule has 0 radical (unpaired) electrons. The highest BCUT2D eigenvalue weighted by Crippen LogP contribution is 2.19. The number of aromatic nitrogens is 2. The van der Waals surface area contributed by atoms with Crippen LogP contribution >= 0.6 is 0 Å². The van der Waals surface area contributed by atoms with Crippen molar-refractivity contribution in [2.45, 2.75) is 46.6 Å². The Morgan fingerprint density at radius 2 is 1.87 bits per heavy atom. The first-order chi connectivity index (χ1) is 14.7. The molecule has 9 heteroatoms. The second-order valence-corrected chi connectivity index (χ2v) is 7.41. The maximum atomic E-state index is 13.0. The smallest absolute Gasteiger partial charge is 0.330 e. The molecule has 0 aliphatic heterocycles. The normalized spacial score (nSPS) is 10.8. The molecule has 0 saturated carbocycles. The Morgan fingerprint density at radius 3 is 2.48 bits per heavy atom. The largest absolute Gasteiger partial charge is 0.383 e. The summed E-state index contributed by atoms with van der Waals surface area (Å²) in [5, 5.41) is 0. The number of nitrogen functional groups attached to an aromatic ring is 1. The van der Waals surface area contributed by atoms with E-state index in [1.165, 1.54) is 16.6 Å². The van der Waals surface area contributed by atoms with Crippen LogP contribution in [0.2, 0.25) is 0 Å². The summed E-state index contributed by atoms with van der Waals surface area (Å²) in [6.07, 6.45) is 0.491. The highest BCUT2D eigenvalue weighted by Gasteiger charge is 2.24. The van der Waals surface area contributed by atoms with Crippen molar-refractivity contribution in [3.63, 3.8) is 0 Å². The lowest BCUT2D eigenvalue weighted by Gasteiger charge is -2.24. The molecule has 1 amide bonds. The van der Waals surface area contributed by atoms with Gasteiger partial charge in [-0.1, -0.05) is 19.1 Å².